The van der Waals surface area contributed by atoms with Crippen molar-refractivity contribution in [3.8, 4) is 44.5 Å². The van der Waals surface area contributed by atoms with Crippen LogP contribution in [0.5, 0.6) is 0 Å². The van der Waals surface area contributed by atoms with E-state index < -0.39 is 0 Å². The molecule has 0 saturated carbocycles. The third-order valence-corrected chi connectivity index (χ3v) is 17.9. The van der Waals surface area contributed by atoms with E-state index >= 15 is 0 Å². The fourth-order valence-electron chi connectivity index (χ4n) is 8.17. The van der Waals surface area contributed by atoms with E-state index in [4.69, 9.17) is 9.97 Å². The Morgan fingerprint density at radius 2 is 0.542 bits per heavy atom. The van der Waals surface area contributed by atoms with Crippen LogP contribution in [0.2, 0.25) is 0 Å². The van der Waals surface area contributed by atoms with Crippen LogP contribution in [-0.4, -0.2) is 19.9 Å². The first-order chi connectivity index (χ1) is 33.1. The highest BCUT2D eigenvalue weighted by Gasteiger charge is 2.21. The molecule has 0 spiro atoms. The van der Waals surface area contributed by atoms with Gasteiger partial charge in [-0.15, -0.1) is 0 Å². The predicted molar refractivity (Wildman–Crippen MR) is 305 cm³/mol. The molecule has 2 N–H and O–H groups in total. The van der Waals surface area contributed by atoms with E-state index in [1.807, 2.05) is 19.9 Å². The summed E-state index contributed by atoms with van der Waals surface area (Å²) in [5, 5.41) is 0. The average molecular weight is 1730 g/mol. The molecular weight excluding hydrogens is 1700 g/mol. The van der Waals surface area contributed by atoms with Crippen molar-refractivity contribution < 1.29 is 86.2 Å². The van der Waals surface area contributed by atoms with Gasteiger partial charge in [-0.3, -0.25) is 0 Å². The number of H-pyrrole nitrogens is 2. The van der Waals surface area contributed by atoms with Gasteiger partial charge in [0.25, 0.3) is 0 Å². The lowest BCUT2D eigenvalue weighted by Gasteiger charge is -2.07. The summed E-state index contributed by atoms with van der Waals surface area (Å²) >= 11 is 28.4. The second-order valence-corrected chi connectivity index (χ2v) is 21.7. The summed E-state index contributed by atoms with van der Waals surface area (Å²) in [6.07, 6.45) is 25.3. The minimum Gasteiger partial charge on any atom is -1.00 e. The number of nitrogens with one attached hydrogen (secondary N) is 2. The first kappa shape index (κ1) is 60.8. The summed E-state index contributed by atoms with van der Waals surface area (Å²) in [6, 6.07) is 25.8. The molecule has 7 aromatic heterocycles. The number of hydrogen-bond donors (Lipinski definition) is 2. The van der Waals surface area contributed by atoms with Crippen LogP contribution in [0, 0.1) is 0 Å². The molecule has 0 atom stereocenters. The van der Waals surface area contributed by atoms with Crippen molar-refractivity contribution in [3.05, 3.63) is 183 Å². The molecule has 0 fully saturated rings. The predicted octanol–water partition coefficient (Wildman–Crippen LogP) is 3.01. The maximum atomic E-state index is 5.51. The highest BCUT2D eigenvalue weighted by atomic mass is 79.9. The van der Waals surface area contributed by atoms with Crippen LogP contribution in [0.3, 0.4) is 0 Å². The quantitative estimate of drug-likeness (QED) is 0.185. The number of nitrogens with zero attached hydrogens (tertiary/aromatic N) is 6. The zero-order chi connectivity index (χ0) is 47.3. The standard InChI is InChI=1S/C52H37Br8N8.4BrH/c53-25-37(57)29-65-17-9-33(10-18-65)49-41-1-2-42(61-41)50(34-11-19-66(20-12-34)30-38(58)26-54)44-5-6-46(63-44)52(36-15-23-68(24-16-36)32-40(60)28-56)48-8-7-47(64-48)51(45-4-3-43(49)62-45)35-13-21-67(22-14-35)31-39(59)27-55;;;;/h1-28H,29-32H2,(H,61,62,63,64);4*1H/q+3;;;;/p-3/b37-25-,38-26-,39-27-,40-28-,49-41?,49-43?,50-42?,50-44?,51-45?,51-47?,52-46?,52-48?;;;;. The van der Waals surface area contributed by atoms with Gasteiger partial charge in [-0.25, -0.2) is 28.2 Å². The van der Waals surface area contributed by atoms with Crippen molar-refractivity contribution in [1.82, 2.24) is 19.9 Å². The molecule has 2 aliphatic rings. The lowest BCUT2D eigenvalue weighted by Crippen LogP contribution is -3.00. The Hall–Kier alpha value is -2.08. The lowest BCUT2D eigenvalue weighted by molar-refractivity contribution is -0.687. The minimum atomic E-state index is 0. The molecule has 7 aromatic rings. The molecule has 9 rings (SSSR count). The van der Waals surface area contributed by atoms with Gasteiger partial charge in [-0.1, -0.05) is 63.7 Å². The van der Waals surface area contributed by atoms with E-state index in [0.29, 0.717) is 26.2 Å². The summed E-state index contributed by atoms with van der Waals surface area (Å²) in [5.74, 6) is 0. The summed E-state index contributed by atoms with van der Waals surface area (Å²) < 4.78 is 12.6. The van der Waals surface area contributed by atoms with Gasteiger partial charge in [0.15, 0.2) is 75.8 Å². The van der Waals surface area contributed by atoms with E-state index in [0.717, 1.165) is 107 Å². The Labute approximate surface area is 526 Å². The van der Waals surface area contributed by atoms with Gasteiger partial charge in [0.2, 0.25) is 0 Å². The van der Waals surface area contributed by atoms with Gasteiger partial charge >= 0.3 is 0 Å². The number of aromatic nitrogens is 8. The van der Waals surface area contributed by atoms with Crippen LogP contribution < -0.4 is 86.2 Å². The summed E-state index contributed by atoms with van der Waals surface area (Å²) in [4.78, 5) is 26.3. The van der Waals surface area contributed by atoms with E-state index in [-0.39, 0.29) is 67.9 Å². The Morgan fingerprint density at radius 1 is 0.347 bits per heavy atom. The van der Waals surface area contributed by atoms with E-state index in [1.54, 1.807) is 0 Å². The van der Waals surface area contributed by atoms with Gasteiger partial charge in [0.1, 0.15) is 0 Å². The zero-order valence-electron chi connectivity index (χ0n) is 37.2. The van der Waals surface area contributed by atoms with Gasteiger partial charge in [-0.05, 0) is 154 Å². The molecule has 0 unspecified atom stereocenters. The number of fused-ring (bicyclic) bond motifs is 8. The second kappa shape index (κ2) is 28.3. The van der Waals surface area contributed by atoms with E-state index in [9.17, 15) is 0 Å². The van der Waals surface area contributed by atoms with E-state index in [1.165, 1.54) is 0 Å². The van der Waals surface area contributed by atoms with Crippen LogP contribution in [0.25, 0.3) is 90.9 Å². The van der Waals surface area contributed by atoms with Crippen LogP contribution >= 0.6 is 127 Å². The Kier molecular flexibility index (Phi) is 23.9. The normalized spacial score (nSPS) is 12.4. The third-order valence-electron chi connectivity index (χ3n) is 11.3. The molecule has 20 heteroatoms. The largest absolute Gasteiger partial charge is 1.00 e. The number of allylic oxidation sites excluding steroid dienone is 4. The molecule has 0 amide bonds. The Morgan fingerprint density at radius 3 is 0.722 bits per heavy atom. The number of aromatic amines is 2. The van der Waals surface area contributed by atoms with Crippen LogP contribution in [0.1, 0.15) is 22.8 Å². The SMILES string of the molecule is Br/C=C(\Br)C[n+]1ccc(-c2c3nc(c(-c4cc[n+](C/C(Br)=C/Br)cc4)c4ccc([nH]4)c(-c4cc[n+](C/C(Br)=C/Br)cc4)c4nc(c(-c5cc[n+](C/C(Br)=C/Br)cc5)c5ccc2[nH]5)C=C4)C=C3)cc1.[Br-].[Br-].[Br-].[Br-]. The Balaban J connectivity index is 0.00000241. The Bertz CT molecular complexity index is 2970. The van der Waals surface area contributed by atoms with Crippen molar-refractivity contribution in [2.75, 3.05) is 0 Å². The summed E-state index contributed by atoms with van der Waals surface area (Å²) in [7, 11) is 0. The van der Waals surface area contributed by atoms with Gasteiger partial charge in [0.05, 0.1) is 40.7 Å². The maximum Gasteiger partial charge on any atom is 0.180 e. The van der Waals surface area contributed by atoms with Crippen LogP contribution in [-0.2, 0) is 26.2 Å². The molecule has 8 bridgehead atoms. The molecule has 72 heavy (non-hydrogen) atoms. The smallest absolute Gasteiger partial charge is 0.180 e. The molecule has 0 aromatic carbocycles. The van der Waals surface area contributed by atoms with Gasteiger partial charge < -0.3 is 77.9 Å². The third kappa shape index (κ3) is 14.3. The van der Waals surface area contributed by atoms with Crippen LogP contribution in [0.15, 0.2) is 160 Å². The topological polar surface area (TPSA) is 72.9 Å². The van der Waals surface area contributed by atoms with Crippen molar-refractivity contribution in [3.63, 3.8) is 0 Å². The number of rotatable bonds is 12. The lowest BCUT2D eigenvalue weighted by atomic mass is 10.0. The van der Waals surface area contributed by atoms with E-state index in [2.05, 4.69) is 302 Å². The van der Waals surface area contributed by atoms with Crippen LogP contribution in [0.4, 0.5) is 0 Å². The molecule has 8 nitrogen and oxygen atoms in total. The molecule has 9 heterocycles. The molecule has 0 radical (unpaired) electrons. The fraction of sp³-hybridized carbons (Fsp3) is 0.0769. The van der Waals surface area contributed by atoms with Crippen molar-refractivity contribution in [2.24, 2.45) is 0 Å². The maximum absolute atomic E-state index is 5.51. The van der Waals surface area contributed by atoms with Crippen molar-refractivity contribution in [1.29, 1.82) is 0 Å². The highest BCUT2D eigenvalue weighted by molar-refractivity contribution is 9.14. The number of halogens is 12. The van der Waals surface area contributed by atoms with Gasteiger partial charge in [-0.2, -0.15) is 0 Å². The minimum absolute atomic E-state index is 0. The van der Waals surface area contributed by atoms with Crippen molar-refractivity contribution in [2.45, 2.75) is 26.2 Å². The molecule has 2 aliphatic heterocycles. The monoisotopic (exact) mass is 1720 g/mol. The fourth-order valence-corrected chi connectivity index (χ4v) is 9.91. The number of pyridine rings is 4. The molecule has 370 valence electrons. The summed E-state index contributed by atoms with van der Waals surface area (Å²) in [5.41, 5.74) is 15.1. The first-order valence-corrected chi connectivity index (χ1v) is 27.9. The molecular formula is C52H38Br12N8. The summed E-state index contributed by atoms with van der Waals surface area (Å²) in [6.45, 7) is 2.75. The zero-order valence-corrected chi connectivity index (χ0v) is 56.2. The highest BCUT2D eigenvalue weighted by Crippen LogP contribution is 2.38. The van der Waals surface area contributed by atoms with Gasteiger partial charge in [0, 0.05) is 92.9 Å². The molecule has 0 saturated heterocycles. The molecule has 0 aliphatic carbocycles. The van der Waals surface area contributed by atoms with Crippen molar-refractivity contribution >= 4 is 174 Å². The number of hydrogen-bond acceptors (Lipinski definition) is 2. The first-order valence-electron chi connectivity index (χ1n) is 21.0. The second-order valence-electron chi connectivity index (χ2n) is 15.8. The average Bonchev–Trinajstić information content (AvgIpc) is 4.22.